The topological polar surface area (TPSA) is 32.9 Å². The van der Waals surface area contributed by atoms with Gasteiger partial charge in [-0.15, -0.1) is 0 Å². The Hall–Kier alpha value is -11.1. The summed E-state index contributed by atoms with van der Waals surface area (Å²) in [6.45, 7) is 9.19. The van der Waals surface area contributed by atoms with Crippen molar-refractivity contribution in [1.82, 2.24) is 18.3 Å². The third kappa shape index (κ3) is 9.13. The molecule has 13 aromatic carbocycles. The Bertz CT molecular complexity index is 5830. The number of nitrogens with zero attached hydrogens (tertiary/aromatic N) is 4. The van der Waals surface area contributed by atoms with Crippen molar-refractivity contribution in [2.24, 2.45) is 5.92 Å². The summed E-state index contributed by atoms with van der Waals surface area (Å²) < 4.78 is 16.0. The highest BCUT2D eigenvalue weighted by Crippen LogP contribution is 2.42. The molecular weight excluding hydrogens is 1120 g/mol. The SMILES string of the molecule is CCC(C)Cc1cccc(-n2c3ccccc3c3cc(-c4ccc5oc6ccc(-n7c8ccccc8c8ccccc87)cc6c5c4)ccc32)c1.CCC(C)c1ccc2c(c1)c1ccccc1n2-c1cccc(-c2ccc3c(c2)c2ccccc2n3-c2ccccc2)c1. The minimum absolute atomic E-state index is 0.544. The van der Waals surface area contributed by atoms with Crippen LogP contribution in [-0.2, 0) is 6.42 Å². The third-order valence-electron chi connectivity index (χ3n) is 19.7. The lowest BCUT2D eigenvalue weighted by molar-refractivity contribution is 0.560. The molecule has 5 heterocycles. The fraction of sp³-hybridized carbons (Fsp3) is 0.103. The molecule has 5 heteroatoms. The second-order valence-electron chi connectivity index (χ2n) is 25.2. The van der Waals surface area contributed by atoms with Gasteiger partial charge in [0.05, 0.1) is 44.1 Å². The van der Waals surface area contributed by atoms with Crippen LogP contribution in [0, 0.1) is 5.92 Å². The van der Waals surface area contributed by atoms with E-state index in [-0.39, 0.29) is 0 Å². The van der Waals surface area contributed by atoms with Crippen LogP contribution < -0.4 is 0 Å². The van der Waals surface area contributed by atoms with Crippen molar-refractivity contribution in [2.75, 3.05) is 0 Å². The molecule has 0 aliphatic carbocycles. The van der Waals surface area contributed by atoms with Crippen molar-refractivity contribution < 1.29 is 4.42 Å². The molecular formula is C87H68N4O. The van der Waals surface area contributed by atoms with E-state index in [0.29, 0.717) is 11.8 Å². The summed E-state index contributed by atoms with van der Waals surface area (Å²) in [6, 6.07) is 106. The molecule has 0 radical (unpaired) electrons. The zero-order valence-electron chi connectivity index (χ0n) is 52.2. The molecule has 0 aliphatic heterocycles. The normalized spacial score (nSPS) is 12.6. The molecule has 18 aromatic rings. The number of rotatable bonds is 11. The Morgan fingerprint density at radius 3 is 1.18 bits per heavy atom. The summed E-state index contributed by atoms with van der Waals surface area (Å²) in [4.78, 5) is 0. The monoisotopic (exact) mass is 1180 g/mol. The summed E-state index contributed by atoms with van der Waals surface area (Å²) in [6.07, 6.45) is 3.42. The molecule has 0 N–H and O–H groups in total. The number of para-hydroxylation sites is 6. The maximum absolute atomic E-state index is 6.40. The molecule has 0 spiro atoms. The summed E-state index contributed by atoms with van der Waals surface area (Å²) in [5.41, 5.74) is 23.9. The predicted molar refractivity (Wildman–Crippen MR) is 390 cm³/mol. The van der Waals surface area contributed by atoms with Gasteiger partial charge in [-0.05, 0) is 192 Å². The van der Waals surface area contributed by atoms with Crippen LogP contribution in [0.2, 0.25) is 0 Å². The lowest BCUT2D eigenvalue weighted by Gasteiger charge is -2.12. The van der Waals surface area contributed by atoms with Crippen molar-refractivity contribution in [1.29, 1.82) is 0 Å². The average Bonchev–Trinajstić information content (AvgIpc) is 1.62. The molecule has 0 saturated heterocycles. The van der Waals surface area contributed by atoms with Gasteiger partial charge in [-0.25, -0.2) is 0 Å². The van der Waals surface area contributed by atoms with E-state index in [9.17, 15) is 0 Å². The number of hydrogen-bond donors (Lipinski definition) is 0. The number of hydrogen-bond acceptors (Lipinski definition) is 1. The smallest absolute Gasteiger partial charge is 0.135 e. The van der Waals surface area contributed by atoms with E-state index < -0.39 is 0 Å². The molecule has 5 aromatic heterocycles. The first kappa shape index (κ1) is 55.0. The molecule has 442 valence electrons. The Kier molecular flexibility index (Phi) is 13.4. The Balaban J connectivity index is 0.000000143. The Morgan fingerprint density at radius 1 is 0.272 bits per heavy atom. The Morgan fingerprint density at radius 2 is 0.652 bits per heavy atom. The molecule has 0 bridgehead atoms. The van der Waals surface area contributed by atoms with E-state index in [0.717, 1.165) is 40.5 Å². The van der Waals surface area contributed by atoms with Crippen LogP contribution in [0.25, 0.3) is 154 Å². The molecule has 2 unspecified atom stereocenters. The summed E-state index contributed by atoms with van der Waals surface area (Å²) in [5.74, 6) is 1.21. The van der Waals surface area contributed by atoms with Gasteiger partial charge in [0.1, 0.15) is 11.2 Å². The second-order valence-corrected chi connectivity index (χ2v) is 25.2. The van der Waals surface area contributed by atoms with E-state index in [2.05, 4.69) is 337 Å². The van der Waals surface area contributed by atoms with Gasteiger partial charge < -0.3 is 22.7 Å². The fourth-order valence-electron chi connectivity index (χ4n) is 14.7. The van der Waals surface area contributed by atoms with Gasteiger partial charge in [0, 0.05) is 76.6 Å². The van der Waals surface area contributed by atoms with Crippen LogP contribution in [-0.4, -0.2) is 18.3 Å². The van der Waals surface area contributed by atoms with Crippen LogP contribution in [0.5, 0.6) is 0 Å². The molecule has 18 rings (SSSR count). The third-order valence-corrected chi connectivity index (χ3v) is 19.7. The maximum Gasteiger partial charge on any atom is 0.135 e. The van der Waals surface area contributed by atoms with E-state index in [1.807, 2.05) is 0 Å². The maximum atomic E-state index is 6.40. The van der Waals surface area contributed by atoms with Crippen molar-refractivity contribution in [3.8, 4) is 45.0 Å². The zero-order valence-corrected chi connectivity index (χ0v) is 52.2. The number of furan rings is 1. The molecule has 0 saturated carbocycles. The van der Waals surface area contributed by atoms with Crippen molar-refractivity contribution in [2.45, 2.75) is 52.9 Å². The number of fused-ring (bicyclic) bond motifs is 15. The van der Waals surface area contributed by atoms with Crippen LogP contribution in [0.15, 0.2) is 296 Å². The van der Waals surface area contributed by atoms with Gasteiger partial charge in [0.2, 0.25) is 0 Å². The van der Waals surface area contributed by atoms with Crippen molar-refractivity contribution in [3.05, 3.63) is 302 Å². The average molecular weight is 1190 g/mol. The number of benzene rings is 13. The first-order valence-corrected chi connectivity index (χ1v) is 32.7. The lowest BCUT2D eigenvalue weighted by Crippen LogP contribution is -2.00. The zero-order chi connectivity index (χ0) is 61.6. The van der Waals surface area contributed by atoms with Crippen LogP contribution in [0.4, 0.5) is 0 Å². The fourth-order valence-corrected chi connectivity index (χ4v) is 14.7. The summed E-state index contributed by atoms with van der Waals surface area (Å²) in [7, 11) is 0. The van der Waals surface area contributed by atoms with Gasteiger partial charge in [0.15, 0.2) is 0 Å². The van der Waals surface area contributed by atoms with Crippen molar-refractivity contribution in [3.63, 3.8) is 0 Å². The van der Waals surface area contributed by atoms with E-state index in [1.165, 1.54) is 144 Å². The lowest BCUT2D eigenvalue weighted by atomic mass is 9.97. The molecule has 92 heavy (non-hydrogen) atoms. The van der Waals surface area contributed by atoms with E-state index in [4.69, 9.17) is 4.42 Å². The van der Waals surface area contributed by atoms with Crippen molar-refractivity contribution >= 4 is 109 Å². The minimum atomic E-state index is 0.544. The minimum Gasteiger partial charge on any atom is -0.456 e. The van der Waals surface area contributed by atoms with Gasteiger partial charge >= 0.3 is 0 Å². The van der Waals surface area contributed by atoms with Crippen LogP contribution >= 0.6 is 0 Å². The quantitative estimate of drug-likeness (QED) is 0.127. The highest BCUT2D eigenvalue weighted by molar-refractivity contribution is 6.14. The first-order chi connectivity index (χ1) is 45.3. The molecule has 0 aliphatic rings. The molecule has 5 nitrogen and oxygen atoms in total. The summed E-state index contributed by atoms with van der Waals surface area (Å²) in [5, 5.41) is 12.5. The highest BCUT2D eigenvalue weighted by Gasteiger charge is 2.20. The largest absolute Gasteiger partial charge is 0.456 e. The van der Waals surface area contributed by atoms with Gasteiger partial charge in [-0.3, -0.25) is 0 Å². The first-order valence-electron chi connectivity index (χ1n) is 32.7. The van der Waals surface area contributed by atoms with Gasteiger partial charge in [-0.2, -0.15) is 0 Å². The number of aromatic nitrogens is 4. The molecule has 0 amide bonds. The standard InChI is InChI=1S/C47H36N2O.C40H32N2/c1-3-30(2)25-31-11-10-12-34(26-31)48-44-18-9-6-15-38(44)39-27-32(19-22-45(39)48)33-20-23-46-40(28-33)41-29-35(21-24-47(41)50-46)49-42-16-7-4-13-36(42)37-14-5-8-17-43(37)49;1-3-27(2)28-20-22-40-35(25-28)33-16-8-10-19-38(33)42(40)32-15-11-12-29(24-32)30-21-23-39-36(26-30)34-17-7-9-18-37(34)41(39)31-13-5-4-6-14-31/h4-24,26-30H,3,25H2,1-2H3;4-27H,3H2,1-2H3. The molecule has 0 fully saturated rings. The predicted octanol–water partition coefficient (Wildman–Crippen LogP) is 24.1. The highest BCUT2D eigenvalue weighted by atomic mass is 16.3. The second kappa shape index (κ2) is 22.4. The van der Waals surface area contributed by atoms with Gasteiger partial charge in [0.25, 0.3) is 0 Å². The summed E-state index contributed by atoms with van der Waals surface area (Å²) >= 11 is 0. The van der Waals surface area contributed by atoms with Crippen LogP contribution in [0.1, 0.15) is 57.6 Å². The van der Waals surface area contributed by atoms with Gasteiger partial charge in [-0.1, -0.05) is 192 Å². The van der Waals surface area contributed by atoms with Crippen LogP contribution in [0.3, 0.4) is 0 Å². The Labute approximate surface area is 534 Å². The molecule has 2 atom stereocenters. The van der Waals surface area contributed by atoms with E-state index >= 15 is 0 Å². The van der Waals surface area contributed by atoms with E-state index in [1.54, 1.807) is 0 Å².